The number of nitrogens with one attached hydrogen (secondary N) is 1. The number of hydrogen-bond donors (Lipinski definition) is 1. The third-order valence-electron chi connectivity index (χ3n) is 4.48. The van der Waals surface area contributed by atoms with Gasteiger partial charge in [0.05, 0.1) is 22.0 Å². The van der Waals surface area contributed by atoms with Crippen LogP contribution in [-0.2, 0) is 4.79 Å². The first-order chi connectivity index (χ1) is 13.5. The number of fused-ring (bicyclic) bond motifs is 1. The predicted molar refractivity (Wildman–Crippen MR) is 105 cm³/mol. The Labute approximate surface area is 165 Å². The van der Waals surface area contributed by atoms with Crippen LogP contribution in [-0.4, -0.2) is 35.0 Å². The SMILES string of the molecule is C=CC(=O)NC1CN(c2ccc3ncnc(Oc4cccc(Cl)c4F)c3c2)C1. The number of benzene rings is 2. The average molecular weight is 399 g/mol. The van der Waals surface area contributed by atoms with Crippen LogP contribution in [0.4, 0.5) is 10.1 Å². The van der Waals surface area contributed by atoms with Crippen molar-refractivity contribution in [3.63, 3.8) is 0 Å². The molecular formula is C20H16ClFN4O2. The quantitative estimate of drug-likeness (QED) is 0.664. The molecule has 0 saturated carbocycles. The van der Waals surface area contributed by atoms with Crippen LogP contribution in [0, 0.1) is 5.82 Å². The molecule has 1 amide bonds. The number of carbonyl (C=O) groups excluding carboxylic acids is 1. The summed E-state index contributed by atoms with van der Waals surface area (Å²) in [4.78, 5) is 21.9. The van der Waals surface area contributed by atoms with Crippen molar-refractivity contribution in [3.05, 3.63) is 66.2 Å². The van der Waals surface area contributed by atoms with Crippen LogP contribution in [0.25, 0.3) is 10.9 Å². The minimum absolute atomic E-state index is 0.00550. The fourth-order valence-corrected chi connectivity index (χ4v) is 3.17. The molecule has 6 nitrogen and oxygen atoms in total. The van der Waals surface area contributed by atoms with E-state index in [9.17, 15) is 9.18 Å². The Morgan fingerprint density at radius 3 is 2.93 bits per heavy atom. The third kappa shape index (κ3) is 3.48. The molecule has 1 aliphatic heterocycles. The lowest BCUT2D eigenvalue weighted by Crippen LogP contribution is -2.59. The summed E-state index contributed by atoms with van der Waals surface area (Å²) in [6.07, 6.45) is 2.62. The van der Waals surface area contributed by atoms with Gasteiger partial charge in [0.1, 0.15) is 6.33 Å². The van der Waals surface area contributed by atoms with Gasteiger partial charge in [0.2, 0.25) is 11.8 Å². The molecule has 0 spiro atoms. The van der Waals surface area contributed by atoms with Gasteiger partial charge in [-0.3, -0.25) is 4.79 Å². The predicted octanol–water partition coefficient (Wildman–Crippen LogP) is 3.71. The van der Waals surface area contributed by atoms with E-state index >= 15 is 0 Å². The van der Waals surface area contributed by atoms with Gasteiger partial charge < -0.3 is 15.0 Å². The maximum atomic E-state index is 14.2. The lowest BCUT2D eigenvalue weighted by Gasteiger charge is -2.41. The van der Waals surface area contributed by atoms with Crippen molar-refractivity contribution in [1.29, 1.82) is 0 Å². The summed E-state index contributed by atoms with van der Waals surface area (Å²) in [5.74, 6) is -0.592. The summed E-state index contributed by atoms with van der Waals surface area (Å²) in [5, 5.41) is 3.48. The Hall–Kier alpha value is -3.19. The molecule has 0 aliphatic carbocycles. The zero-order valence-corrected chi connectivity index (χ0v) is 15.5. The number of ether oxygens (including phenoxy) is 1. The van der Waals surface area contributed by atoms with E-state index in [0.29, 0.717) is 24.0 Å². The summed E-state index contributed by atoms with van der Waals surface area (Å²) >= 11 is 5.82. The van der Waals surface area contributed by atoms with Gasteiger partial charge in [-0.25, -0.2) is 14.4 Å². The molecule has 2 heterocycles. The van der Waals surface area contributed by atoms with Crippen LogP contribution in [0.5, 0.6) is 11.6 Å². The second-order valence-corrected chi connectivity index (χ2v) is 6.76. The van der Waals surface area contributed by atoms with Crippen molar-refractivity contribution in [2.75, 3.05) is 18.0 Å². The number of amides is 1. The minimum Gasteiger partial charge on any atom is -0.435 e. The number of hydrogen-bond acceptors (Lipinski definition) is 5. The van der Waals surface area contributed by atoms with Crippen molar-refractivity contribution in [2.45, 2.75) is 6.04 Å². The van der Waals surface area contributed by atoms with Crippen molar-refractivity contribution in [3.8, 4) is 11.6 Å². The molecule has 0 atom stereocenters. The fourth-order valence-electron chi connectivity index (χ4n) is 3.01. The normalized spacial score (nSPS) is 13.9. The molecule has 1 aromatic heterocycles. The lowest BCUT2D eigenvalue weighted by atomic mass is 10.1. The molecule has 1 N–H and O–H groups in total. The second kappa shape index (κ2) is 7.44. The molecule has 1 aliphatic rings. The summed E-state index contributed by atoms with van der Waals surface area (Å²) in [6.45, 7) is 4.81. The highest BCUT2D eigenvalue weighted by Gasteiger charge is 2.28. The van der Waals surface area contributed by atoms with E-state index in [1.807, 2.05) is 18.2 Å². The van der Waals surface area contributed by atoms with Gasteiger partial charge in [0, 0.05) is 18.8 Å². The van der Waals surface area contributed by atoms with Gasteiger partial charge in [-0.05, 0) is 36.4 Å². The first kappa shape index (κ1) is 18.2. The highest BCUT2D eigenvalue weighted by molar-refractivity contribution is 6.30. The number of halogens is 2. The van der Waals surface area contributed by atoms with E-state index in [1.165, 1.54) is 24.5 Å². The molecular weight excluding hydrogens is 383 g/mol. The van der Waals surface area contributed by atoms with E-state index in [1.54, 1.807) is 6.07 Å². The van der Waals surface area contributed by atoms with Gasteiger partial charge >= 0.3 is 0 Å². The topological polar surface area (TPSA) is 67.4 Å². The van der Waals surface area contributed by atoms with Crippen LogP contribution in [0.15, 0.2) is 55.4 Å². The van der Waals surface area contributed by atoms with Gasteiger partial charge in [-0.1, -0.05) is 24.2 Å². The van der Waals surface area contributed by atoms with Crippen LogP contribution < -0.4 is 15.0 Å². The van der Waals surface area contributed by atoms with Crippen molar-refractivity contribution < 1.29 is 13.9 Å². The number of carbonyl (C=O) groups is 1. The molecule has 2 aromatic carbocycles. The van der Waals surface area contributed by atoms with Gasteiger partial charge in [-0.2, -0.15) is 0 Å². The molecule has 0 unspecified atom stereocenters. The molecule has 0 bridgehead atoms. The summed E-state index contributed by atoms with van der Waals surface area (Å²) < 4.78 is 19.9. The summed E-state index contributed by atoms with van der Waals surface area (Å²) in [5.41, 5.74) is 1.61. The summed E-state index contributed by atoms with van der Waals surface area (Å²) in [6, 6.07) is 10.3. The van der Waals surface area contributed by atoms with Crippen LogP contribution >= 0.6 is 11.6 Å². The summed E-state index contributed by atoms with van der Waals surface area (Å²) in [7, 11) is 0. The number of rotatable bonds is 5. The smallest absolute Gasteiger partial charge is 0.243 e. The van der Waals surface area contributed by atoms with Crippen LogP contribution in [0.3, 0.4) is 0 Å². The molecule has 0 radical (unpaired) electrons. The van der Waals surface area contributed by atoms with E-state index in [4.69, 9.17) is 16.3 Å². The molecule has 142 valence electrons. The Kier molecular flexibility index (Phi) is 4.83. The molecule has 28 heavy (non-hydrogen) atoms. The van der Waals surface area contributed by atoms with Crippen LogP contribution in [0.2, 0.25) is 5.02 Å². The Morgan fingerprint density at radius 1 is 1.32 bits per heavy atom. The Morgan fingerprint density at radius 2 is 2.14 bits per heavy atom. The highest BCUT2D eigenvalue weighted by atomic mass is 35.5. The maximum Gasteiger partial charge on any atom is 0.243 e. The number of aromatic nitrogens is 2. The Bertz CT molecular complexity index is 1070. The zero-order chi connectivity index (χ0) is 19.7. The third-order valence-corrected chi connectivity index (χ3v) is 4.78. The van der Waals surface area contributed by atoms with E-state index < -0.39 is 5.82 Å². The molecule has 1 saturated heterocycles. The average Bonchev–Trinajstić information content (AvgIpc) is 2.67. The lowest BCUT2D eigenvalue weighted by molar-refractivity contribution is -0.117. The second-order valence-electron chi connectivity index (χ2n) is 6.35. The molecule has 8 heteroatoms. The maximum absolute atomic E-state index is 14.2. The van der Waals surface area contributed by atoms with E-state index in [2.05, 4.69) is 26.8 Å². The largest absolute Gasteiger partial charge is 0.435 e. The highest BCUT2D eigenvalue weighted by Crippen LogP contribution is 2.33. The van der Waals surface area contributed by atoms with Gasteiger partial charge in [0.15, 0.2) is 11.6 Å². The van der Waals surface area contributed by atoms with Crippen molar-refractivity contribution in [1.82, 2.24) is 15.3 Å². The molecule has 1 fully saturated rings. The number of anilines is 1. The molecule has 3 aromatic rings. The number of nitrogens with zero attached hydrogens (tertiary/aromatic N) is 3. The van der Waals surface area contributed by atoms with E-state index in [-0.39, 0.29) is 28.6 Å². The first-order valence-corrected chi connectivity index (χ1v) is 8.97. The van der Waals surface area contributed by atoms with Crippen molar-refractivity contribution in [2.24, 2.45) is 0 Å². The molecule has 4 rings (SSSR count). The van der Waals surface area contributed by atoms with Crippen molar-refractivity contribution >= 4 is 34.1 Å². The Balaban J connectivity index is 1.59. The van der Waals surface area contributed by atoms with Gasteiger partial charge in [0.25, 0.3) is 0 Å². The van der Waals surface area contributed by atoms with Crippen LogP contribution in [0.1, 0.15) is 0 Å². The monoisotopic (exact) mass is 398 g/mol. The first-order valence-electron chi connectivity index (χ1n) is 8.59. The van der Waals surface area contributed by atoms with Gasteiger partial charge in [-0.15, -0.1) is 0 Å². The zero-order valence-electron chi connectivity index (χ0n) is 14.7. The van der Waals surface area contributed by atoms with E-state index in [0.717, 1.165) is 5.69 Å². The minimum atomic E-state index is -0.643. The fraction of sp³-hybridized carbons (Fsp3) is 0.150. The standard InChI is InChI=1S/C20H16ClFN4O2/c1-2-18(27)25-12-9-26(10-12)13-6-7-16-14(8-13)20(24-11-23-16)28-17-5-3-4-15(21)19(17)22/h2-8,11-12H,1,9-10H2,(H,25,27).